The molecule has 0 unspecified atom stereocenters. The van der Waals surface area contributed by atoms with Crippen LogP contribution >= 0.6 is 0 Å². The number of hydrogen-bond donors (Lipinski definition) is 2. The van der Waals surface area contributed by atoms with Crippen molar-refractivity contribution in [1.29, 1.82) is 0 Å². The molecule has 0 radical (unpaired) electrons. The maximum atomic E-state index is 5.55. The third-order valence-corrected chi connectivity index (χ3v) is 1.73. The van der Waals surface area contributed by atoms with Crippen LogP contribution in [0.3, 0.4) is 0 Å². The number of anilines is 1. The number of H-pyrrole nitrogens is 1. The SMILES string of the molecule is COc1cc(N)nc2[nH]ccc12. The number of nitrogens with two attached hydrogens (primary N) is 1. The van der Waals surface area contributed by atoms with Gasteiger partial charge in [-0.2, -0.15) is 0 Å². The molecule has 0 saturated heterocycles. The normalized spacial score (nSPS) is 10.4. The van der Waals surface area contributed by atoms with Crippen LogP contribution in [0.15, 0.2) is 18.3 Å². The molecule has 0 fully saturated rings. The highest BCUT2D eigenvalue weighted by atomic mass is 16.5. The van der Waals surface area contributed by atoms with E-state index in [0.717, 1.165) is 16.8 Å². The average molecular weight is 163 g/mol. The Morgan fingerprint density at radius 1 is 1.58 bits per heavy atom. The molecule has 0 aliphatic heterocycles. The standard InChI is InChI=1S/C8H9N3O/c1-12-6-4-7(9)11-8-5(6)2-3-10-8/h2-4H,1H3,(H3,9,10,11). The summed E-state index contributed by atoms with van der Waals surface area (Å²) < 4.78 is 5.13. The van der Waals surface area contributed by atoms with E-state index in [9.17, 15) is 0 Å². The fraction of sp³-hybridized carbons (Fsp3) is 0.125. The van der Waals surface area contributed by atoms with Crippen LogP contribution in [0.5, 0.6) is 5.75 Å². The lowest BCUT2D eigenvalue weighted by molar-refractivity contribution is 0.420. The van der Waals surface area contributed by atoms with E-state index in [0.29, 0.717) is 5.82 Å². The highest BCUT2D eigenvalue weighted by molar-refractivity contribution is 5.84. The Balaban J connectivity index is 2.80. The number of rotatable bonds is 1. The Morgan fingerprint density at radius 3 is 3.17 bits per heavy atom. The molecule has 2 rings (SSSR count). The van der Waals surface area contributed by atoms with Crippen LogP contribution in [0, 0.1) is 0 Å². The third-order valence-electron chi connectivity index (χ3n) is 1.73. The minimum atomic E-state index is 0.460. The van der Waals surface area contributed by atoms with Crippen LogP contribution in [0.2, 0.25) is 0 Å². The number of ether oxygens (including phenoxy) is 1. The fourth-order valence-corrected chi connectivity index (χ4v) is 1.19. The topological polar surface area (TPSA) is 63.9 Å². The summed E-state index contributed by atoms with van der Waals surface area (Å²) in [5.74, 6) is 1.21. The Kier molecular flexibility index (Phi) is 1.40. The summed E-state index contributed by atoms with van der Waals surface area (Å²) in [6.45, 7) is 0. The summed E-state index contributed by atoms with van der Waals surface area (Å²) >= 11 is 0. The first-order valence-corrected chi connectivity index (χ1v) is 3.59. The Morgan fingerprint density at radius 2 is 2.42 bits per heavy atom. The summed E-state index contributed by atoms with van der Waals surface area (Å²) in [5, 5.41) is 0.951. The first-order chi connectivity index (χ1) is 5.81. The molecular weight excluding hydrogens is 154 g/mol. The van der Waals surface area contributed by atoms with E-state index >= 15 is 0 Å². The van der Waals surface area contributed by atoms with E-state index in [1.165, 1.54) is 0 Å². The quantitative estimate of drug-likeness (QED) is 0.662. The number of pyridine rings is 1. The number of aromatic amines is 1. The van der Waals surface area contributed by atoms with Crippen molar-refractivity contribution in [1.82, 2.24) is 9.97 Å². The molecule has 0 bridgehead atoms. The van der Waals surface area contributed by atoms with Crippen LogP contribution in [0.4, 0.5) is 5.82 Å². The predicted molar refractivity (Wildman–Crippen MR) is 47.1 cm³/mol. The van der Waals surface area contributed by atoms with Crippen molar-refractivity contribution in [3.05, 3.63) is 18.3 Å². The highest BCUT2D eigenvalue weighted by Crippen LogP contribution is 2.24. The van der Waals surface area contributed by atoms with Gasteiger partial charge in [0.05, 0.1) is 12.5 Å². The lowest BCUT2D eigenvalue weighted by atomic mass is 10.3. The van der Waals surface area contributed by atoms with E-state index in [4.69, 9.17) is 10.5 Å². The molecule has 2 heterocycles. The van der Waals surface area contributed by atoms with Crippen LogP contribution < -0.4 is 10.5 Å². The largest absolute Gasteiger partial charge is 0.496 e. The maximum absolute atomic E-state index is 5.55. The zero-order chi connectivity index (χ0) is 8.55. The second-order valence-electron chi connectivity index (χ2n) is 2.49. The van der Waals surface area contributed by atoms with Gasteiger partial charge in [0.25, 0.3) is 0 Å². The summed E-state index contributed by atoms with van der Waals surface area (Å²) in [5.41, 5.74) is 6.30. The number of nitrogen functional groups attached to an aromatic ring is 1. The average Bonchev–Trinajstić information content (AvgIpc) is 2.50. The number of aromatic nitrogens is 2. The van der Waals surface area contributed by atoms with Gasteiger partial charge in [0.1, 0.15) is 17.2 Å². The van der Waals surface area contributed by atoms with Gasteiger partial charge in [-0.15, -0.1) is 0 Å². The molecule has 0 saturated carbocycles. The summed E-state index contributed by atoms with van der Waals surface area (Å²) in [4.78, 5) is 7.05. The second-order valence-corrected chi connectivity index (χ2v) is 2.49. The van der Waals surface area contributed by atoms with Crippen molar-refractivity contribution in [2.75, 3.05) is 12.8 Å². The molecule has 4 heteroatoms. The monoisotopic (exact) mass is 163 g/mol. The number of nitrogens with zero attached hydrogens (tertiary/aromatic N) is 1. The Bertz CT molecular complexity index is 408. The van der Waals surface area contributed by atoms with Gasteiger partial charge in [0.2, 0.25) is 0 Å². The molecular formula is C8H9N3O. The number of methoxy groups -OCH3 is 1. The van der Waals surface area contributed by atoms with Gasteiger partial charge in [0, 0.05) is 12.3 Å². The van der Waals surface area contributed by atoms with Crippen LogP contribution in [0.1, 0.15) is 0 Å². The van der Waals surface area contributed by atoms with Crippen molar-refractivity contribution in [3.8, 4) is 5.75 Å². The smallest absolute Gasteiger partial charge is 0.143 e. The molecule has 0 aromatic carbocycles. The Hall–Kier alpha value is -1.71. The van der Waals surface area contributed by atoms with Gasteiger partial charge in [0.15, 0.2) is 0 Å². The molecule has 0 spiro atoms. The molecule has 0 aliphatic carbocycles. The fourth-order valence-electron chi connectivity index (χ4n) is 1.19. The van der Waals surface area contributed by atoms with Crippen LogP contribution in [0.25, 0.3) is 11.0 Å². The maximum Gasteiger partial charge on any atom is 0.143 e. The number of fused-ring (bicyclic) bond motifs is 1. The molecule has 0 atom stereocenters. The van der Waals surface area contributed by atoms with Crippen LogP contribution in [-0.4, -0.2) is 17.1 Å². The summed E-state index contributed by atoms with van der Waals surface area (Å²) in [6.07, 6.45) is 1.81. The summed E-state index contributed by atoms with van der Waals surface area (Å²) in [6, 6.07) is 3.61. The predicted octanol–water partition coefficient (Wildman–Crippen LogP) is 1.15. The number of hydrogen-bond acceptors (Lipinski definition) is 3. The molecule has 3 N–H and O–H groups in total. The van der Waals surface area contributed by atoms with Crippen molar-refractivity contribution >= 4 is 16.9 Å². The zero-order valence-corrected chi connectivity index (χ0v) is 6.66. The van der Waals surface area contributed by atoms with Gasteiger partial charge < -0.3 is 15.5 Å². The van der Waals surface area contributed by atoms with Gasteiger partial charge in [-0.05, 0) is 6.07 Å². The molecule has 62 valence electrons. The molecule has 0 aliphatic rings. The van der Waals surface area contributed by atoms with Crippen LogP contribution in [-0.2, 0) is 0 Å². The number of nitrogens with one attached hydrogen (secondary N) is 1. The highest BCUT2D eigenvalue weighted by Gasteiger charge is 2.03. The minimum Gasteiger partial charge on any atom is -0.496 e. The molecule has 4 nitrogen and oxygen atoms in total. The van der Waals surface area contributed by atoms with E-state index in [2.05, 4.69) is 9.97 Å². The van der Waals surface area contributed by atoms with E-state index < -0.39 is 0 Å². The molecule has 12 heavy (non-hydrogen) atoms. The zero-order valence-electron chi connectivity index (χ0n) is 6.66. The first kappa shape index (κ1) is 6.97. The summed E-state index contributed by atoms with van der Waals surface area (Å²) in [7, 11) is 1.61. The molecule has 2 aromatic heterocycles. The van der Waals surface area contributed by atoms with E-state index in [1.54, 1.807) is 19.4 Å². The van der Waals surface area contributed by atoms with E-state index in [1.807, 2.05) is 6.07 Å². The lowest BCUT2D eigenvalue weighted by Gasteiger charge is -2.01. The Labute approximate surface area is 69.4 Å². The van der Waals surface area contributed by atoms with Gasteiger partial charge in [-0.3, -0.25) is 0 Å². The minimum absolute atomic E-state index is 0.460. The first-order valence-electron chi connectivity index (χ1n) is 3.59. The van der Waals surface area contributed by atoms with Gasteiger partial charge >= 0.3 is 0 Å². The third kappa shape index (κ3) is 0.887. The lowest BCUT2D eigenvalue weighted by Crippen LogP contribution is -1.92. The van der Waals surface area contributed by atoms with E-state index in [-0.39, 0.29) is 0 Å². The van der Waals surface area contributed by atoms with Gasteiger partial charge in [-0.25, -0.2) is 4.98 Å². The molecule has 0 amide bonds. The van der Waals surface area contributed by atoms with Gasteiger partial charge in [-0.1, -0.05) is 0 Å². The molecule has 2 aromatic rings. The van der Waals surface area contributed by atoms with Crippen molar-refractivity contribution in [2.24, 2.45) is 0 Å². The van der Waals surface area contributed by atoms with Crippen molar-refractivity contribution in [2.45, 2.75) is 0 Å². The van der Waals surface area contributed by atoms with Crippen molar-refractivity contribution in [3.63, 3.8) is 0 Å². The van der Waals surface area contributed by atoms with Crippen molar-refractivity contribution < 1.29 is 4.74 Å². The second kappa shape index (κ2) is 2.41.